The van der Waals surface area contributed by atoms with Crippen LogP contribution in [0.4, 0.5) is 0 Å². The molecule has 3 unspecified atom stereocenters. The van der Waals surface area contributed by atoms with Crippen LogP contribution in [0, 0.1) is 11.8 Å². The van der Waals surface area contributed by atoms with E-state index in [2.05, 4.69) is 22.9 Å². The average Bonchev–Trinajstić information content (AvgIpc) is 2.35. The molecule has 0 radical (unpaired) electrons. The zero-order valence-corrected chi connectivity index (χ0v) is 12.9. The molecule has 0 saturated heterocycles. The molecule has 17 heavy (non-hydrogen) atoms. The number of ether oxygens (including phenoxy) is 2. The molecule has 1 fully saturated rings. The monoisotopic (exact) mass is 306 g/mol. The van der Waals surface area contributed by atoms with E-state index in [1.54, 1.807) is 7.11 Å². The van der Waals surface area contributed by atoms with Gasteiger partial charge in [0.25, 0.3) is 0 Å². The van der Waals surface area contributed by atoms with E-state index in [1.165, 1.54) is 32.1 Å². The zero-order chi connectivity index (χ0) is 12.5. The van der Waals surface area contributed by atoms with Crippen molar-refractivity contribution in [2.45, 2.75) is 50.3 Å². The largest absolute Gasteiger partial charge is 0.385 e. The van der Waals surface area contributed by atoms with Gasteiger partial charge in [-0.15, -0.1) is 0 Å². The highest BCUT2D eigenvalue weighted by Crippen LogP contribution is 2.36. The van der Waals surface area contributed by atoms with E-state index in [9.17, 15) is 0 Å². The highest BCUT2D eigenvalue weighted by Gasteiger charge is 2.27. The molecule has 102 valence electrons. The molecule has 0 N–H and O–H groups in total. The summed E-state index contributed by atoms with van der Waals surface area (Å²) in [7, 11) is 1.74. The number of methoxy groups -OCH3 is 1. The van der Waals surface area contributed by atoms with Crippen molar-refractivity contribution in [3.63, 3.8) is 0 Å². The Morgan fingerprint density at radius 2 is 2.00 bits per heavy atom. The maximum atomic E-state index is 5.65. The van der Waals surface area contributed by atoms with Crippen molar-refractivity contribution in [1.29, 1.82) is 0 Å². The molecular weight excluding hydrogens is 280 g/mol. The summed E-state index contributed by atoms with van der Waals surface area (Å²) in [5.74, 6) is 1.76. The van der Waals surface area contributed by atoms with E-state index >= 15 is 0 Å². The Hall–Kier alpha value is 0.400. The minimum Gasteiger partial charge on any atom is -0.385 e. The van der Waals surface area contributed by atoms with Crippen LogP contribution in [0.15, 0.2) is 0 Å². The van der Waals surface area contributed by atoms with E-state index < -0.39 is 0 Å². The van der Waals surface area contributed by atoms with Gasteiger partial charge in [0.1, 0.15) is 0 Å². The Morgan fingerprint density at radius 3 is 2.71 bits per heavy atom. The van der Waals surface area contributed by atoms with Gasteiger partial charge < -0.3 is 9.47 Å². The lowest BCUT2D eigenvalue weighted by atomic mass is 9.79. The molecule has 0 amide bonds. The quantitative estimate of drug-likeness (QED) is 0.498. The minimum absolute atomic E-state index is 0.716. The summed E-state index contributed by atoms with van der Waals surface area (Å²) in [5, 5.41) is 0. The van der Waals surface area contributed by atoms with Crippen molar-refractivity contribution >= 4 is 15.9 Å². The fraction of sp³-hybridized carbons (Fsp3) is 1.00. The highest BCUT2D eigenvalue weighted by atomic mass is 79.9. The molecular formula is C14H27BrO2. The van der Waals surface area contributed by atoms with Crippen molar-refractivity contribution in [2.75, 3.05) is 26.9 Å². The molecule has 0 aliphatic heterocycles. The smallest absolute Gasteiger partial charge is 0.0487 e. The van der Waals surface area contributed by atoms with Crippen molar-refractivity contribution in [3.8, 4) is 0 Å². The fourth-order valence-corrected chi connectivity index (χ4v) is 3.38. The number of alkyl halides is 1. The molecule has 1 aliphatic rings. The van der Waals surface area contributed by atoms with Crippen LogP contribution in [0.1, 0.15) is 45.4 Å². The second kappa shape index (κ2) is 9.35. The van der Waals surface area contributed by atoms with Crippen molar-refractivity contribution in [1.82, 2.24) is 0 Å². The molecule has 0 bridgehead atoms. The fourth-order valence-electron chi connectivity index (χ4n) is 2.64. The van der Waals surface area contributed by atoms with Gasteiger partial charge in [-0.1, -0.05) is 29.3 Å². The maximum Gasteiger partial charge on any atom is 0.0487 e. The van der Waals surface area contributed by atoms with Crippen molar-refractivity contribution in [3.05, 3.63) is 0 Å². The normalized spacial score (nSPS) is 29.5. The number of hydrogen-bond donors (Lipinski definition) is 0. The van der Waals surface area contributed by atoms with Gasteiger partial charge >= 0.3 is 0 Å². The van der Waals surface area contributed by atoms with E-state index in [4.69, 9.17) is 9.47 Å². The second-order valence-corrected chi connectivity index (χ2v) is 6.29. The number of hydrogen-bond acceptors (Lipinski definition) is 2. The molecule has 0 aromatic rings. The van der Waals surface area contributed by atoms with Crippen LogP contribution >= 0.6 is 15.9 Å². The van der Waals surface area contributed by atoms with Gasteiger partial charge in [0, 0.05) is 31.8 Å². The Balaban J connectivity index is 2.07. The standard InChI is InChI=1S/C14H27BrO2/c1-3-12-5-6-14(15)13(11-12)7-10-17-9-4-8-16-2/h12-14H,3-11H2,1-2H3. The third-order valence-corrected chi connectivity index (χ3v) is 5.05. The Bertz CT molecular complexity index is 187. The van der Waals surface area contributed by atoms with Crippen LogP contribution in [-0.2, 0) is 9.47 Å². The SMILES string of the molecule is CCC1CCC(Br)C(CCOCCCOC)C1. The summed E-state index contributed by atoms with van der Waals surface area (Å²) in [5.41, 5.74) is 0. The third kappa shape index (κ3) is 6.21. The molecule has 1 saturated carbocycles. The Kier molecular flexibility index (Phi) is 8.50. The topological polar surface area (TPSA) is 18.5 Å². The zero-order valence-electron chi connectivity index (χ0n) is 11.3. The first kappa shape index (κ1) is 15.5. The molecule has 1 rings (SSSR count). The van der Waals surface area contributed by atoms with Gasteiger partial charge in [-0.3, -0.25) is 0 Å². The summed E-state index contributed by atoms with van der Waals surface area (Å²) in [6.45, 7) is 4.87. The van der Waals surface area contributed by atoms with Crippen LogP contribution in [-0.4, -0.2) is 31.8 Å². The summed E-state index contributed by atoms with van der Waals surface area (Å²) in [6.07, 6.45) is 7.68. The molecule has 0 aromatic heterocycles. The van der Waals surface area contributed by atoms with Gasteiger partial charge in [0.2, 0.25) is 0 Å². The summed E-state index contributed by atoms with van der Waals surface area (Å²) < 4.78 is 10.7. The highest BCUT2D eigenvalue weighted by molar-refractivity contribution is 9.09. The molecule has 3 heteroatoms. The van der Waals surface area contributed by atoms with Crippen LogP contribution in [0.3, 0.4) is 0 Å². The maximum absolute atomic E-state index is 5.65. The first-order valence-electron chi connectivity index (χ1n) is 6.98. The third-order valence-electron chi connectivity index (χ3n) is 3.85. The lowest BCUT2D eigenvalue weighted by Gasteiger charge is -2.32. The first-order valence-corrected chi connectivity index (χ1v) is 7.90. The van der Waals surface area contributed by atoms with E-state index in [0.717, 1.165) is 38.1 Å². The van der Waals surface area contributed by atoms with Crippen LogP contribution in [0.2, 0.25) is 0 Å². The average molecular weight is 307 g/mol. The summed E-state index contributed by atoms with van der Waals surface area (Å²) in [6, 6.07) is 0. The van der Waals surface area contributed by atoms with Gasteiger partial charge in [-0.25, -0.2) is 0 Å². The molecule has 0 spiro atoms. The summed E-state index contributed by atoms with van der Waals surface area (Å²) in [4.78, 5) is 0.716. The molecule has 1 aliphatic carbocycles. The van der Waals surface area contributed by atoms with Crippen molar-refractivity contribution < 1.29 is 9.47 Å². The van der Waals surface area contributed by atoms with Crippen LogP contribution < -0.4 is 0 Å². The van der Waals surface area contributed by atoms with E-state index in [-0.39, 0.29) is 0 Å². The second-order valence-electron chi connectivity index (χ2n) is 5.11. The lowest BCUT2D eigenvalue weighted by Crippen LogP contribution is -2.26. The van der Waals surface area contributed by atoms with Crippen LogP contribution in [0.25, 0.3) is 0 Å². The number of halogens is 1. The van der Waals surface area contributed by atoms with Gasteiger partial charge in [-0.2, -0.15) is 0 Å². The molecule has 2 nitrogen and oxygen atoms in total. The summed E-state index contributed by atoms with van der Waals surface area (Å²) >= 11 is 3.83. The predicted octanol–water partition coefficient (Wildman–Crippen LogP) is 4.02. The molecule has 0 aromatic carbocycles. The van der Waals surface area contributed by atoms with Gasteiger partial charge in [-0.05, 0) is 43.9 Å². The Labute approximate surface area is 115 Å². The molecule has 0 heterocycles. The van der Waals surface area contributed by atoms with E-state index in [0.29, 0.717) is 4.83 Å². The Morgan fingerprint density at radius 1 is 1.18 bits per heavy atom. The predicted molar refractivity (Wildman–Crippen MR) is 75.8 cm³/mol. The lowest BCUT2D eigenvalue weighted by molar-refractivity contribution is 0.0876. The first-order chi connectivity index (χ1) is 8.27. The number of rotatable bonds is 8. The molecule has 3 atom stereocenters. The van der Waals surface area contributed by atoms with Crippen molar-refractivity contribution in [2.24, 2.45) is 11.8 Å². The minimum atomic E-state index is 0.716. The van der Waals surface area contributed by atoms with E-state index in [1.807, 2.05) is 0 Å². The van der Waals surface area contributed by atoms with Gasteiger partial charge in [0.05, 0.1) is 0 Å². The van der Waals surface area contributed by atoms with Crippen LogP contribution in [0.5, 0.6) is 0 Å². The van der Waals surface area contributed by atoms with Gasteiger partial charge in [0.15, 0.2) is 0 Å².